The molecule has 0 bridgehead atoms. The van der Waals surface area contributed by atoms with Crippen molar-refractivity contribution in [1.29, 1.82) is 0 Å². The number of carbonyl (C=O) groups is 1. The molecule has 1 unspecified atom stereocenters. The average Bonchev–Trinajstić information content (AvgIpc) is 2.60. The number of amides is 1. The number of fused-ring (bicyclic) bond motifs is 1. The molecular formula is C19H20ClNO4. The zero-order chi connectivity index (χ0) is 17.9. The second kappa shape index (κ2) is 7.33. The summed E-state index contributed by atoms with van der Waals surface area (Å²) in [6.07, 6.45) is 0.202. The van der Waals surface area contributed by atoms with E-state index in [9.17, 15) is 9.90 Å². The van der Waals surface area contributed by atoms with Crippen LogP contribution >= 0.6 is 11.6 Å². The number of benzene rings is 2. The predicted molar refractivity (Wildman–Crippen MR) is 95.2 cm³/mol. The fourth-order valence-corrected chi connectivity index (χ4v) is 2.75. The van der Waals surface area contributed by atoms with Crippen molar-refractivity contribution < 1.29 is 19.4 Å². The molecule has 0 fully saturated rings. The van der Waals surface area contributed by atoms with E-state index in [0.717, 1.165) is 5.56 Å². The summed E-state index contributed by atoms with van der Waals surface area (Å²) < 4.78 is 11.0. The highest BCUT2D eigenvalue weighted by Crippen LogP contribution is 2.30. The number of nitrogens with one attached hydrogen (secondary N) is 1. The molecule has 25 heavy (non-hydrogen) atoms. The summed E-state index contributed by atoms with van der Waals surface area (Å²) in [6, 6.07) is 12.4. The van der Waals surface area contributed by atoms with Gasteiger partial charge in [0, 0.05) is 5.02 Å². The molecule has 2 N–H and O–H groups in total. The van der Waals surface area contributed by atoms with Crippen molar-refractivity contribution in [2.24, 2.45) is 0 Å². The van der Waals surface area contributed by atoms with Crippen LogP contribution in [0, 0.1) is 0 Å². The van der Waals surface area contributed by atoms with Crippen LogP contribution in [0.1, 0.15) is 18.1 Å². The molecule has 2 aromatic carbocycles. The average molecular weight is 362 g/mol. The van der Waals surface area contributed by atoms with Crippen LogP contribution < -0.4 is 14.8 Å². The van der Waals surface area contributed by atoms with Gasteiger partial charge in [0.15, 0.2) is 11.5 Å². The summed E-state index contributed by atoms with van der Waals surface area (Å²) in [5.41, 5.74) is 0.344. The molecular weight excluding hydrogens is 342 g/mol. The Bertz CT molecular complexity index is 759. The first-order valence-electron chi connectivity index (χ1n) is 8.08. The molecule has 5 nitrogen and oxygen atoms in total. The van der Waals surface area contributed by atoms with Gasteiger partial charge in [-0.1, -0.05) is 29.8 Å². The summed E-state index contributed by atoms with van der Waals surface area (Å²) in [6.45, 7) is 2.80. The monoisotopic (exact) mass is 361 g/mol. The largest absolute Gasteiger partial charge is 0.486 e. The summed E-state index contributed by atoms with van der Waals surface area (Å²) >= 11 is 5.86. The van der Waals surface area contributed by atoms with Gasteiger partial charge in [0.25, 0.3) is 0 Å². The number of aliphatic hydroxyl groups is 1. The Hall–Kier alpha value is -2.24. The Balaban J connectivity index is 1.58. The van der Waals surface area contributed by atoms with Crippen LogP contribution in [-0.2, 0) is 16.8 Å². The summed E-state index contributed by atoms with van der Waals surface area (Å²) in [4.78, 5) is 12.2. The molecule has 1 amide bonds. The minimum Gasteiger partial charge on any atom is -0.486 e. The lowest BCUT2D eigenvalue weighted by atomic mass is 9.96. The maximum Gasteiger partial charge on any atom is 0.224 e. The van der Waals surface area contributed by atoms with E-state index in [1.807, 2.05) is 12.1 Å². The quantitative estimate of drug-likeness (QED) is 0.859. The molecule has 6 heteroatoms. The van der Waals surface area contributed by atoms with Gasteiger partial charge in [-0.3, -0.25) is 4.79 Å². The third-order valence-corrected chi connectivity index (χ3v) is 4.32. The molecule has 0 saturated carbocycles. The molecule has 0 spiro atoms. The third-order valence-electron chi connectivity index (χ3n) is 4.07. The highest BCUT2D eigenvalue weighted by Gasteiger charge is 2.24. The van der Waals surface area contributed by atoms with Crippen molar-refractivity contribution in [2.45, 2.75) is 18.9 Å². The number of hydrogen-bond acceptors (Lipinski definition) is 4. The number of hydrogen-bond donors (Lipinski definition) is 2. The van der Waals surface area contributed by atoms with Crippen LogP contribution in [0.5, 0.6) is 11.5 Å². The summed E-state index contributed by atoms with van der Waals surface area (Å²) in [7, 11) is 0. The predicted octanol–water partition coefficient (Wildman–Crippen LogP) is 2.68. The van der Waals surface area contributed by atoms with E-state index in [1.54, 1.807) is 37.3 Å². The van der Waals surface area contributed by atoms with Gasteiger partial charge in [-0.15, -0.1) is 0 Å². The van der Waals surface area contributed by atoms with Gasteiger partial charge in [0.2, 0.25) is 5.91 Å². The van der Waals surface area contributed by atoms with Crippen molar-refractivity contribution in [3.8, 4) is 11.5 Å². The number of carbonyl (C=O) groups excluding carboxylic acids is 1. The normalized spacial score (nSPS) is 15.3. The summed E-state index contributed by atoms with van der Waals surface area (Å²) in [5, 5.41) is 13.9. The van der Waals surface area contributed by atoms with E-state index >= 15 is 0 Å². The highest BCUT2D eigenvalue weighted by molar-refractivity contribution is 6.30. The van der Waals surface area contributed by atoms with Crippen molar-refractivity contribution in [3.05, 3.63) is 58.6 Å². The Morgan fingerprint density at radius 2 is 1.84 bits per heavy atom. The molecule has 0 aliphatic carbocycles. The maximum atomic E-state index is 12.2. The molecule has 0 aromatic heterocycles. The van der Waals surface area contributed by atoms with E-state index in [0.29, 0.717) is 35.3 Å². The first kappa shape index (κ1) is 17.6. The van der Waals surface area contributed by atoms with Crippen LogP contribution in [-0.4, -0.2) is 30.8 Å². The van der Waals surface area contributed by atoms with Crippen LogP contribution in [0.2, 0.25) is 5.02 Å². The Labute approximate surface area is 151 Å². The standard InChI is InChI=1S/C19H20ClNO4/c1-19(23,14-3-5-15(20)6-4-14)12-21-18(22)11-13-2-7-16-17(10-13)25-9-8-24-16/h2-7,10,23H,8-9,11-12H2,1H3,(H,21,22). The van der Waals surface area contributed by atoms with Gasteiger partial charge in [0.05, 0.1) is 13.0 Å². The van der Waals surface area contributed by atoms with Crippen LogP contribution in [0.4, 0.5) is 0 Å². The van der Waals surface area contributed by atoms with Gasteiger partial charge < -0.3 is 19.9 Å². The van der Waals surface area contributed by atoms with Crippen LogP contribution in [0.3, 0.4) is 0 Å². The zero-order valence-corrected chi connectivity index (χ0v) is 14.7. The lowest BCUT2D eigenvalue weighted by Crippen LogP contribution is -2.39. The Kier molecular flexibility index (Phi) is 5.16. The fraction of sp³-hybridized carbons (Fsp3) is 0.316. The minimum absolute atomic E-state index is 0.109. The minimum atomic E-state index is -1.17. The fourth-order valence-electron chi connectivity index (χ4n) is 2.63. The van der Waals surface area contributed by atoms with Crippen molar-refractivity contribution in [1.82, 2.24) is 5.32 Å². The van der Waals surface area contributed by atoms with Crippen molar-refractivity contribution in [3.63, 3.8) is 0 Å². The maximum absolute atomic E-state index is 12.2. The molecule has 1 aliphatic heterocycles. The first-order valence-corrected chi connectivity index (χ1v) is 8.45. The first-order chi connectivity index (χ1) is 11.9. The van der Waals surface area contributed by atoms with Crippen molar-refractivity contribution in [2.75, 3.05) is 19.8 Å². The van der Waals surface area contributed by atoms with E-state index in [2.05, 4.69) is 5.32 Å². The molecule has 3 rings (SSSR count). The number of halogens is 1. The van der Waals surface area contributed by atoms with Crippen LogP contribution in [0.25, 0.3) is 0 Å². The molecule has 2 aromatic rings. The molecule has 1 atom stereocenters. The second-order valence-corrected chi connectivity index (χ2v) is 6.65. The smallest absolute Gasteiger partial charge is 0.224 e. The lowest BCUT2D eigenvalue weighted by Gasteiger charge is -2.24. The van der Waals surface area contributed by atoms with Gasteiger partial charge in [0.1, 0.15) is 18.8 Å². The lowest BCUT2D eigenvalue weighted by molar-refractivity contribution is -0.121. The molecule has 0 saturated heterocycles. The zero-order valence-electron chi connectivity index (χ0n) is 13.9. The van der Waals surface area contributed by atoms with Gasteiger partial charge in [-0.25, -0.2) is 0 Å². The Morgan fingerprint density at radius 1 is 1.16 bits per heavy atom. The number of ether oxygens (including phenoxy) is 2. The van der Waals surface area contributed by atoms with E-state index in [1.165, 1.54) is 0 Å². The third kappa shape index (κ3) is 4.44. The van der Waals surface area contributed by atoms with Gasteiger partial charge in [-0.2, -0.15) is 0 Å². The number of rotatable bonds is 5. The van der Waals surface area contributed by atoms with E-state index < -0.39 is 5.60 Å². The molecule has 0 radical (unpaired) electrons. The van der Waals surface area contributed by atoms with Gasteiger partial charge in [-0.05, 0) is 42.3 Å². The van der Waals surface area contributed by atoms with E-state index in [-0.39, 0.29) is 18.9 Å². The Morgan fingerprint density at radius 3 is 2.56 bits per heavy atom. The molecule has 1 heterocycles. The van der Waals surface area contributed by atoms with E-state index in [4.69, 9.17) is 21.1 Å². The topological polar surface area (TPSA) is 67.8 Å². The van der Waals surface area contributed by atoms with Gasteiger partial charge >= 0.3 is 0 Å². The highest BCUT2D eigenvalue weighted by atomic mass is 35.5. The van der Waals surface area contributed by atoms with Crippen LogP contribution in [0.15, 0.2) is 42.5 Å². The SMILES string of the molecule is CC(O)(CNC(=O)Cc1ccc2c(c1)OCCO2)c1ccc(Cl)cc1. The molecule has 132 valence electrons. The molecule has 1 aliphatic rings. The second-order valence-electron chi connectivity index (χ2n) is 6.21. The summed E-state index contributed by atoms with van der Waals surface area (Å²) in [5.74, 6) is 1.18. The van der Waals surface area contributed by atoms with Crippen molar-refractivity contribution >= 4 is 17.5 Å².